The molecule has 5 heterocycles. The fraction of sp³-hybridized carbons (Fsp3) is 0.552. The third-order valence-corrected chi connectivity index (χ3v) is 8.47. The molecule has 0 aliphatic carbocycles. The van der Waals surface area contributed by atoms with Crippen LogP contribution in [0.15, 0.2) is 48.6 Å². The molecule has 2 aromatic rings. The quantitative estimate of drug-likeness (QED) is 0.315. The lowest BCUT2D eigenvalue weighted by molar-refractivity contribution is -0.155. The Bertz CT molecular complexity index is 1340. The molecule has 6 rings (SSSR count). The SMILES string of the molecule is O=C1OCCCC/C=C\[C@H]2O[C@]34C=CCN(Cn5nnc6ccccc65)C(=O)C3N(CCCCCO)C(=O)[C@@H]4[C@@H]12. The van der Waals surface area contributed by atoms with Crippen LogP contribution in [-0.2, 0) is 30.5 Å². The van der Waals surface area contributed by atoms with Gasteiger partial charge < -0.3 is 24.4 Å². The number of fused-ring (bicyclic) bond motifs is 3. The van der Waals surface area contributed by atoms with E-state index >= 15 is 0 Å². The Hall–Kier alpha value is -3.57. The molecule has 4 aliphatic rings. The number of aromatic nitrogens is 3. The number of allylic oxidation sites excluding steroid dienone is 1. The second-order valence-corrected chi connectivity index (χ2v) is 10.9. The Balaban J connectivity index is 1.37. The second-order valence-electron chi connectivity index (χ2n) is 10.9. The lowest BCUT2D eigenvalue weighted by atomic mass is 9.78. The van der Waals surface area contributed by atoms with Gasteiger partial charge in [0.2, 0.25) is 5.91 Å². The minimum Gasteiger partial charge on any atom is -0.465 e. The molecule has 1 aromatic heterocycles. The summed E-state index contributed by atoms with van der Waals surface area (Å²) in [4.78, 5) is 45.2. The molecule has 0 saturated carbocycles. The summed E-state index contributed by atoms with van der Waals surface area (Å²) in [5.74, 6) is -2.69. The Morgan fingerprint density at radius 1 is 1.05 bits per heavy atom. The largest absolute Gasteiger partial charge is 0.465 e. The molecule has 1 N–H and O–H groups in total. The van der Waals surface area contributed by atoms with E-state index in [4.69, 9.17) is 9.47 Å². The van der Waals surface area contributed by atoms with Gasteiger partial charge in [0.1, 0.15) is 29.7 Å². The fourth-order valence-electron chi connectivity index (χ4n) is 6.58. The third kappa shape index (κ3) is 4.50. The van der Waals surface area contributed by atoms with Gasteiger partial charge >= 0.3 is 5.97 Å². The first-order valence-electron chi connectivity index (χ1n) is 14.2. The van der Waals surface area contributed by atoms with Crippen molar-refractivity contribution in [3.63, 3.8) is 0 Å². The predicted molar refractivity (Wildman–Crippen MR) is 143 cm³/mol. The number of rotatable bonds is 7. The number of aliphatic hydroxyl groups is 1. The topological polar surface area (TPSA) is 127 Å². The van der Waals surface area contributed by atoms with Crippen LogP contribution in [0.3, 0.4) is 0 Å². The van der Waals surface area contributed by atoms with Crippen LogP contribution < -0.4 is 0 Å². The van der Waals surface area contributed by atoms with Crippen LogP contribution in [0.25, 0.3) is 11.0 Å². The lowest BCUT2D eigenvalue weighted by Gasteiger charge is -2.35. The van der Waals surface area contributed by atoms with E-state index < -0.39 is 35.6 Å². The smallest absolute Gasteiger partial charge is 0.312 e. The first-order chi connectivity index (χ1) is 19.5. The minimum absolute atomic E-state index is 0.0658. The van der Waals surface area contributed by atoms with E-state index in [9.17, 15) is 19.5 Å². The van der Waals surface area contributed by atoms with E-state index in [1.54, 1.807) is 14.5 Å². The Morgan fingerprint density at radius 3 is 2.80 bits per heavy atom. The summed E-state index contributed by atoms with van der Waals surface area (Å²) < 4.78 is 13.9. The van der Waals surface area contributed by atoms with Crippen molar-refractivity contribution in [2.45, 2.75) is 62.9 Å². The Kier molecular flexibility index (Phi) is 7.41. The molecule has 2 saturated heterocycles. The summed E-state index contributed by atoms with van der Waals surface area (Å²) in [6.07, 6.45) is 11.3. The van der Waals surface area contributed by atoms with Crippen LogP contribution >= 0.6 is 0 Å². The van der Waals surface area contributed by atoms with Crippen LogP contribution in [0.5, 0.6) is 0 Å². The molecule has 2 amide bonds. The van der Waals surface area contributed by atoms with Gasteiger partial charge in [0.05, 0.1) is 24.1 Å². The van der Waals surface area contributed by atoms with Crippen molar-refractivity contribution in [3.05, 3.63) is 48.6 Å². The third-order valence-electron chi connectivity index (χ3n) is 8.47. The molecular formula is C29H35N5O6. The predicted octanol–water partition coefficient (Wildman–Crippen LogP) is 1.81. The van der Waals surface area contributed by atoms with Gasteiger partial charge in [0.15, 0.2) is 0 Å². The zero-order valence-corrected chi connectivity index (χ0v) is 22.4. The maximum Gasteiger partial charge on any atom is 0.312 e. The van der Waals surface area contributed by atoms with Gasteiger partial charge in [0.25, 0.3) is 5.91 Å². The van der Waals surface area contributed by atoms with Crippen LogP contribution in [0.1, 0.15) is 38.5 Å². The average molecular weight is 550 g/mol. The zero-order valence-electron chi connectivity index (χ0n) is 22.4. The van der Waals surface area contributed by atoms with Gasteiger partial charge in [-0.15, -0.1) is 5.10 Å². The van der Waals surface area contributed by atoms with Crippen LogP contribution in [-0.4, -0.2) is 91.7 Å². The molecule has 212 valence electrons. The number of carbonyl (C=O) groups excluding carboxylic acids is 3. The number of benzene rings is 1. The molecule has 11 heteroatoms. The summed E-state index contributed by atoms with van der Waals surface area (Å²) in [5.41, 5.74) is 0.234. The molecule has 4 aliphatic heterocycles. The highest BCUT2D eigenvalue weighted by Gasteiger charge is 2.71. The van der Waals surface area contributed by atoms with E-state index in [0.717, 1.165) is 30.3 Å². The summed E-state index contributed by atoms with van der Waals surface area (Å²) >= 11 is 0. The average Bonchev–Trinajstić information content (AvgIpc) is 3.55. The highest BCUT2D eigenvalue weighted by Crippen LogP contribution is 2.53. The number of aliphatic hydroxyl groups excluding tert-OH is 1. The van der Waals surface area contributed by atoms with E-state index in [1.807, 2.05) is 48.6 Å². The number of hydrogen-bond donors (Lipinski definition) is 1. The van der Waals surface area contributed by atoms with Crippen LogP contribution in [0.4, 0.5) is 0 Å². The molecule has 1 unspecified atom stereocenters. The maximum absolute atomic E-state index is 14.4. The molecule has 0 bridgehead atoms. The Morgan fingerprint density at radius 2 is 1.93 bits per heavy atom. The molecule has 5 atom stereocenters. The van der Waals surface area contributed by atoms with Gasteiger partial charge in [-0.3, -0.25) is 14.4 Å². The first-order valence-corrected chi connectivity index (χ1v) is 14.2. The van der Waals surface area contributed by atoms with Crippen molar-refractivity contribution in [1.29, 1.82) is 0 Å². The number of para-hydroxylation sites is 1. The first kappa shape index (κ1) is 26.6. The number of ether oxygens (including phenoxy) is 2. The van der Waals surface area contributed by atoms with E-state index in [1.165, 1.54) is 0 Å². The summed E-state index contributed by atoms with van der Waals surface area (Å²) in [7, 11) is 0. The fourth-order valence-corrected chi connectivity index (χ4v) is 6.58. The van der Waals surface area contributed by atoms with Crippen LogP contribution in [0, 0.1) is 11.8 Å². The van der Waals surface area contributed by atoms with E-state index in [0.29, 0.717) is 39.0 Å². The van der Waals surface area contributed by atoms with Crippen molar-refractivity contribution in [3.8, 4) is 0 Å². The number of hydrogen-bond acceptors (Lipinski definition) is 8. The maximum atomic E-state index is 14.4. The second kappa shape index (κ2) is 11.1. The molecular weight excluding hydrogens is 514 g/mol. The standard InChI is InChI=1S/C29H35N5O6/c35-17-8-3-7-16-33-25-27(37)32(19-34-21-12-6-5-11-20(21)30-31-34)15-10-14-29(25)24(26(33)36)23-22(40-29)13-4-1-2-9-18-39-28(23)38/h4-6,10-14,22-25,35H,1-3,7-9,15-19H2/b13-4-/t22-,23+,24+,25?,29+/m1/s1. The summed E-state index contributed by atoms with van der Waals surface area (Å²) in [5, 5.41) is 17.7. The van der Waals surface area contributed by atoms with Crippen molar-refractivity contribution in [1.82, 2.24) is 24.8 Å². The Labute approximate surface area is 232 Å². The highest BCUT2D eigenvalue weighted by atomic mass is 16.6. The molecule has 1 aromatic carbocycles. The number of nitrogens with zero attached hydrogens (tertiary/aromatic N) is 5. The van der Waals surface area contributed by atoms with Crippen LogP contribution in [0.2, 0.25) is 0 Å². The number of carbonyl (C=O) groups is 3. The van der Waals surface area contributed by atoms with Crippen molar-refractivity contribution >= 4 is 28.8 Å². The molecule has 0 radical (unpaired) electrons. The van der Waals surface area contributed by atoms with Gasteiger partial charge in [-0.2, -0.15) is 0 Å². The van der Waals surface area contributed by atoms with Gasteiger partial charge in [-0.25, -0.2) is 4.68 Å². The normalized spacial score (nSPS) is 31.1. The minimum atomic E-state index is -1.29. The molecule has 2 fully saturated rings. The van der Waals surface area contributed by atoms with Crippen molar-refractivity contribution < 1.29 is 29.0 Å². The number of amides is 2. The van der Waals surface area contributed by atoms with E-state index in [-0.39, 0.29) is 25.1 Å². The summed E-state index contributed by atoms with van der Waals surface area (Å²) in [6, 6.07) is 6.60. The highest BCUT2D eigenvalue weighted by molar-refractivity contribution is 5.99. The number of cyclic esters (lactones) is 1. The van der Waals surface area contributed by atoms with Gasteiger partial charge in [0, 0.05) is 19.7 Å². The summed E-state index contributed by atoms with van der Waals surface area (Å²) in [6.45, 7) is 1.14. The molecule has 11 nitrogen and oxygen atoms in total. The van der Waals surface area contributed by atoms with Gasteiger partial charge in [-0.05, 0) is 50.7 Å². The monoisotopic (exact) mass is 549 g/mol. The lowest BCUT2D eigenvalue weighted by Crippen LogP contribution is -2.55. The number of esters is 1. The molecule has 1 spiro atoms. The number of unbranched alkanes of at least 4 members (excludes halogenated alkanes) is 2. The van der Waals surface area contributed by atoms with Crippen molar-refractivity contribution in [2.75, 3.05) is 26.3 Å². The van der Waals surface area contributed by atoms with E-state index in [2.05, 4.69) is 10.3 Å². The molecule has 40 heavy (non-hydrogen) atoms. The number of likely N-dealkylation sites (tertiary alicyclic amines) is 1. The zero-order chi connectivity index (χ0) is 27.7. The van der Waals surface area contributed by atoms with Gasteiger partial charge in [-0.1, -0.05) is 41.7 Å². The van der Waals surface area contributed by atoms with Crippen molar-refractivity contribution in [2.24, 2.45) is 11.8 Å².